The number of nitrogens with two attached hydrogens (primary N) is 1. The van der Waals surface area contributed by atoms with E-state index in [9.17, 15) is 33.6 Å². The van der Waals surface area contributed by atoms with E-state index in [-0.39, 0.29) is 43.2 Å². The zero-order chi connectivity index (χ0) is 49.4. The Morgan fingerprint density at radius 3 is 2.26 bits per heavy atom. The van der Waals surface area contributed by atoms with E-state index in [4.69, 9.17) is 10.5 Å². The van der Waals surface area contributed by atoms with E-state index < -0.39 is 41.9 Å². The van der Waals surface area contributed by atoms with Crippen LogP contribution in [-0.4, -0.2) is 134 Å². The van der Waals surface area contributed by atoms with Gasteiger partial charge in [-0.05, 0) is 85.3 Å². The zero-order valence-corrected chi connectivity index (χ0v) is 40.5. The molecule has 0 saturated carbocycles. The third-order valence-corrected chi connectivity index (χ3v) is 13.1. The van der Waals surface area contributed by atoms with Gasteiger partial charge in [0.15, 0.2) is 0 Å². The van der Waals surface area contributed by atoms with E-state index in [1.165, 1.54) is 7.05 Å². The Balaban J connectivity index is 1.02. The van der Waals surface area contributed by atoms with Gasteiger partial charge in [0.25, 0.3) is 11.8 Å². The zero-order valence-electron chi connectivity index (χ0n) is 38.9. The average molecular weight is 1010 g/mol. The maximum atomic E-state index is 14.4. The molecule has 2 aliphatic heterocycles. The molecule has 3 atom stereocenters. The van der Waals surface area contributed by atoms with Crippen LogP contribution in [0.3, 0.4) is 0 Å². The molecule has 69 heavy (non-hydrogen) atoms. The number of urea groups is 1. The summed E-state index contributed by atoms with van der Waals surface area (Å²) in [6.07, 6.45) is 0.0634. The van der Waals surface area contributed by atoms with Crippen molar-refractivity contribution in [1.82, 2.24) is 36.1 Å². The van der Waals surface area contributed by atoms with Gasteiger partial charge in [-0.2, -0.15) is 0 Å². The van der Waals surface area contributed by atoms with Crippen molar-refractivity contribution in [2.45, 2.75) is 44.7 Å². The monoisotopic (exact) mass is 1010 g/mol. The molecule has 0 bridgehead atoms. The molecule has 1 unspecified atom stereocenters. The molecule has 20 heteroatoms. The molecule has 9 N–H and O–H groups in total. The molecule has 1 aromatic heterocycles. The fourth-order valence-electron chi connectivity index (χ4n) is 8.54. The van der Waals surface area contributed by atoms with Crippen LogP contribution in [0, 0.1) is 5.92 Å². The van der Waals surface area contributed by atoms with E-state index in [1.54, 1.807) is 64.4 Å². The summed E-state index contributed by atoms with van der Waals surface area (Å²) >= 11 is 3.68. The minimum Gasteiger partial charge on any atom is -0.409 e. The van der Waals surface area contributed by atoms with Gasteiger partial charge in [0.05, 0.1) is 18.3 Å². The Bertz CT molecular complexity index is 2740. The molecule has 19 nitrogen and oxygen atoms in total. The summed E-state index contributed by atoms with van der Waals surface area (Å²) in [7, 11) is 3.51. The lowest BCUT2D eigenvalue weighted by Gasteiger charge is -2.31. The number of aromatic nitrogens is 1. The largest absolute Gasteiger partial charge is 0.415 e. The Morgan fingerprint density at radius 2 is 1.58 bits per heavy atom. The average Bonchev–Trinajstić information content (AvgIpc) is 3.94. The predicted molar refractivity (Wildman–Crippen MR) is 268 cm³/mol. The van der Waals surface area contributed by atoms with E-state index in [2.05, 4.69) is 57.7 Å². The van der Waals surface area contributed by atoms with Gasteiger partial charge in [0.2, 0.25) is 17.7 Å². The number of benzene rings is 4. The number of rotatable bonds is 17. The summed E-state index contributed by atoms with van der Waals surface area (Å²) in [5.41, 5.74) is 9.05. The van der Waals surface area contributed by atoms with Crippen LogP contribution in [0.25, 0.3) is 21.7 Å². The number of carbonyl (C=O) groups is 7. The molecule has 1 saturated heterocycles. The number of ether oxygens (including phenoxy) is 1. The first-order valence-corrected chi connectivity index (χ1v) is 24.0. The lowest BCUT2D eigenvalue weighted by molar-refractivity contribution is -0.129. The highest BCUT2D eigenvalue weighted by atomic mass is 79.9. The van der Waals surface area contributed by atoms with Crippen LogP contribution in [0.15, 0.2) is 78.9 Å². The maximum absolute atomic E-state index is 14.4. The number of piperazine rings is 1. The van der Waals surface area contributed by atoms with E-state index in [0.29, 0.717) is 76.4 Å². The molecule has 3 heterocycles. The van der Waals surface area contributed by atoms with E-state index in [1.807, 2.05) is 45.2 Å². The van der Waals surface area contributed by atoms with Crippen molar-refractivity contribution < 1.29 is 38.3 Å². The quantitative estimate of drug-likeness (QED) is 0.0471. The van der Waals surface area contributed by atoms with Gasteiger partial charge in [-0.1, -0.05) is 54.0 Å². The van der Waals surface area contributed by atoms with Crippen LogP contribution in [0.4, 0.5) is 26.7 Å². The molecule has 7 rings (SSSR count). The highest BCUT2D eigenvalue weighted by Crippen LogP contribution is 2.46. The molecule has 8 amide bonds. The smallest absolute Gasteiger partial charge is 0.409 e. The third-order valence-electron chi connectivity index (χ3n) is 12.4. The van der Waals surface area contributed by atoms with E-state index >= 15 is 0 Å². The second kappa shape index (κ2) is 22.4. The summed E-state index contributed by atoms with van der Waals surface area (Å²) in [5, 5.41) is 19.4. The first kappa shape index (κ1) is 49.9. The molecule has 1 fully saturated rings. The number of halogens is 1. The van der Waals surface area contributed by atoms with Crippen LogP contribution in [0.5, 0.6) is 5.75 Å². The van der Waals surface area contributed by atoms with Crippen molar-refractivity contribution in [1.29, 1.82) is 0 Å². The highest BCUT2D eigenvalue weighted by Gasteiger charge is 2.36. The SMILES string of the molecule is CNC(=O)CN[C@H](C(=O)N[C@@H](CCCNC(N)=O)C(=O)Nc1ccc(C(=O)Nc2ccc3[nH]c(C(=O)N4CC(CBr)c5c4cc(OC(=O)N4CCN(C)CC4)c4ccccc54)cc3c2)cc1)C(C)C. The number of anilines is 3. The lowest BCUT2D eigenvalue weighted by Crippen LogP contribution is -2.54. The Kier molecular flexibility index (Phi) is 16.2. The summed E-state index contributed by atoms with van der Waals surface area (Å²) in [6.45, 7) is 6.74. The predicted octanol–water partition coefficient (Wildman–Crippen LogP) is 4.69. The number of nitrogens with zero attached hydrogens (tertiary/aromatic N) is 3. The maximum Gasteiger partial charge on any atom is 0.415 e. The minimum atomic E-state index is -1.01. The number of aromatic amines is 1. The molecule has 2 aliphatic rings. The van der Waals surface area contributed by atoms with Crippen molar-refractivity contribution in [2.75, 3.05) is 80.8 Å². The van der Waals surface area contributed by atoms with Crippen molar-refractivity contribution in [2.24, 2.45) is 11.7 Å². The number of likely N-dealkylation sites (N-methyl/N-ethyl adjacent to an activating group) is 2. The molecule has 0 aliphatic carbocycles. The second-order valence-electron chi connectivity index (χ2n) is 17.6. The second-order valence-corrected chi connectivity index (χ2v) is 18.2. The van der Waals surface area contributed by atoms with Crippen molar-refractivity contribution in [3.63, 3.8) is 0 Å². The lowest BCUT2D eigenvalue weighted by atomic mass is 9.95. The number of hydrogen-bond donors (Lipinski definition) is 8. The molecule has 0 radical (unpaired) electrons. The van der Waals surface area contributed by atoms with Gasteiger partial charge in [-0.3, -0.25) is 29.3 Å². The van der Waals surface area contributed by atoms with Crippen LogP contribution in [0.2, 0.25) is 0 Å². The third kappa shape index (κ3) is 12.0. The number of hydrogen-bond acceptors (Lipinski definition) is 10. The number of alkyl halides is 1. The molecular weight excluding hydrogens is 951 g/mol. The molecule has 0 spiro atoms. The Morgan fingerprint density at radius 1 is 0.870 bits per heavy atom. The van der Waals surface area contributed by atoms with Gasteiger partial charge >= 0.3 is 12.1 Å². The van der Waals surface area contributed by atoms with Gasteiger partial charge in [0, 0.05) is 96.9 Å². The number of H-pyrrole nitrogens is 1. The van der Waals surface area contributed by atoms with Gasteiger partial charge < -0.3 is 56.7 Å². The first-order valence-electron chi connectivity index (χ1n) is 22.9. The summed E-state index contributed by atoms with van der Waals surface area (Å²) < 4.78 is 6.07. The number of carbonyl (C=O) groups excluding carboxylic acids is 7. The van der Waals surface area contributed by atoms with Gasteiger partial charge in [-0.25, -0.2) is 9.59 Å². The van der Waals surface area contributed by atoms with Crippen molar-refractivity contribution in [3.8, 4) is 5.75 Å². The molecule has 364 valence electrons. The standard InChI is InChI=1S/C49H58BrN11O8/c1-28(2)43(54-26-41(62)52-3)46(65)58-37(10-7-17-53-48(51)67)45(64)55-32-13-11-29(12-14-32)44(63)56-33-15-16-36-30(22-33)23-38(57-36)47(66)61-27-31(25-50)42-35-9-6-5-8-34(35)40(24-39(42)61)69-49(68)60-20-18-59(4)19-21-60/h5-6,8-9,11-16,22-24,28,31,37,43,54,57H,7,10,17-21,25-27H2,1-4H3,(H,52,62)(H,55,64)(H,56,63)(H,58,65)(H3,51,53,67)/t31?,37-,43-/m0/s1. The molecule has 4 aromatic carbocycles. The fourth-order valence-corrected chi connectivity index (χ4v) is 9.07. The summed E-state index contributed by atoms with van der Waals surface area (Å²) in [6, 6.07) is 20.3. The topological polar surface area (TPSA) is 252 Å². The van der Waals surface area contributed by atoms with Crippen molar-refractivity contribution >= 4 is 96.3 Å². The van der Waals surface area contributed by atoms with Crippen LogP contribution in [-0.2, 0) is 14.4 Å². The number of amides is 8. The van der Waals surface area contributed by atoms with Gasteiger partial charge in [-0.15, -0.1) is 0 Å². The Hall–Kier alpha value is -7.03. The van der Waals surface area contributed by atoms with Crippen LogP contribution >= 0.6 is 15.9 Å². The van der Waals surface area contributed by atoms with E-state index in [0.717, 1.165) is 29.4 Å². The molecular formula is C49H58BrN11O8. The van der Waals surface area contributed by atoms with Crippen LogP contribution in [0.1, 0.15) is 59.0 Å². The van der Waals surface area contributed by atoms with Crippen LogP contribution < -0.4 is 47.3 Å². The number of fused-ring (bicyclic) bond motifs is 4. The highest BCUT2D eigenvalue weighted by molar-refractivity contribution is 9.09. The minimum absolute atomic E-state index is 0.0192. The summed E-state index contributed by atoms with van der Waals surface area (Å²) in [4.78, 5) is 100. The molecule has 5 aromatic rings. The number of primary amides is 1. The first-order chi connectivity index (χ1) is 33.1. The fraction of sp³-hybridized carbons (Fsp3) is 0.367. The normalized spacial score (nSPS) is 15.6. The summed E-state index contributed by atoms with van der Waals surface area (Å²) in [5.74, 6) is -1.82. The van der Waals surface area contributed by atoms with Crippen molar-refractivity contribution in [3.05, 3.63) is 95.7 Å². The Labute approximate surface area is 407 Å². The van der Waals surface area contributed by atoms with Gasteiger partial charge in [0.1, 0.15) is 17.5 Å². The number of nitrogens with one attached hydrogen (secondary N) is 7.